The van der Waals surface area contributed by atoms with E-state index < -0.39 is 10.0 Å². The van der Waals surface area contributed by atoms with Gasteiger partial charge in [-0.2, -0.15) is 13.5 Å². The molecule has 0 aliphatic heterocycles. The summed E-state index contributed by atoms with van der Waals surface area (Å²) in [5, 5.41) is 9.87. The molecule has 0 aliphatic rings. The van der Waals surface area contributed by atoms with Gasteiger partial charge in [-0.05, 0) is 32.0 Å². The maximum absolute atomic E-state index is 12.5. The number of benzene rings is 1. The van der Waals surface area contributed by atoms with Crippen LogP contribution in [0, 0.1) is 13.8 Å². The predicted molar refractivity (Wildman–Crippen MR) is 82.7 cm³/mol. The van der Waals surface area contributed by atoms with Crippen molar-refractivity contribution < 1.29 is 8.42 Å². The molecule has 0 saturated carbocycles. The smallest absolute Gasteiger partial charge is 0.281 e. The lowest BCUT2D eigenvalue weighted by molar-refractivity contribution is 0.594. The predicted octanol–water partition coefficient (Wildman–Crippen LogP) is 1.94. The third-order valence-corrected chi connectivity index (χ3v) is 4.57. The molecular weight excluding hydrogens is 288 g/mol. The fraction of sp³-hybridized carbons (Fsp3) is 0.357. The van der Waals surface area contributed by atoms with Crippen LogP contribution in [0.15, 0.2) is 29.3 Å². The second kappa shape index (κ2) is 6.28. The third kappa shape index (κ3) is 3.43. The highest BCUT2D eigenvalue weighted by atomic mass is 32.2. The van der Waals surface area contributed by atoms with E-state index in [1.165, 1.54) is 0 Å². The molecule has 0 fully saturated rings. The Labute approximate surface area is 125 Å². The van der Waals surface area contributed by atoms with Gasteiger partial charge in [0.1, 0.15) is 0 Å². The minimum Gasteiger partial charge on any atom is -0.313 e. The van der Waals surface area contributed by atoms with Crippen molar-refractivity contribution in [3.8, 4) is 0 Å². The molecule has 7 heteroatoms. The number of H-pyrrole nitrogens is 1. The van der Waals surface area contributed by atoms with E-state index in [2.05, 4.69) is 20.2 Å². The fourth-order valence-electron chi connectivity index (χ4n) is 1.99. The molecule has 6 nitrogen and oxygen atoms in total. The summed E-state index contributed by atoms with van der Waals surface area (Å²) in [5.74, 6) is 0. The summed E-state index contributed by atoms with van der Waals surface area (Å²) in [6.45, 7) is 6.85. The van der Waals surface area contributed by atoms with Gasteiger partial charge in [0, 0.05) is 17.8 Å². The highest BCUT2D eigenvalue weighted by Crippen LogP contribution is 2.21. The average molecular weight is 308 g/mol. The van der Waals surface area contributed by atoms with Crippen LogP contribution in [-0.2, 0) is 16.6 Å². The molecule has 3 N–H and O–H groups in total. The number of para-hydroxylation sites is 1. The van der Waals surface area contributed by atoms with Crippen LogP contribution in [-0.4, -0.2) is 25.2 Å². The Morgan fingerprint density at radius 1 is 1.24 bits per heavy atom. The lowest BCUT2D eigenvalue weighted by Crippen LogP contribution is -2.19. The zero-order valence-corrected chi connectivity index (χ0v) is 13.2. The Bertz CT molecular complexity index is 722. The Morgan fingerprint density at radius 3 is 2.62 bits per heavy atom. The second-order valence-electron chi connectivity index (χ2n) is 4.83. The highest BCUT2D eigenvalue weighted by Gasteiger charge is 2.24. The van der Waals surface area contributed by atoms with E-state index in [9.17, 15) is 8.42 Å². The van der Waals surface area contributed by atoms with Crippen molar-refractivity contribution in [1.82, 2.24) is 15.5 Å². The van der Waals surface area contributed by atoms with E-state index in [-0.39, 0.29) is 5.03 Å². The molecule has 2 aromatic rings. The van der Waals surface area contributed by atoms with Crippen molar-refractivity contribution in [2.75, 3.05) is 11.3 Å². The largest absolute Gasteiger partial charge is 0.313 e. The van der Waals surface area contributed by atoms with E-state index in [1.54, 1.807) is 12.1 Å². The second-order valence-corrected chi connectivity index (χ2v) is 6.43. The van der Waals surface area contributed by atoms with E-state index in [0.717, 1.165) is 17.8 Å². The number of hydrogen-bond donors (Lipinski definition) is 3. The Morgan fingerprint density at radius 2 is 1.95 bits per heavy atom. The summed E-state index contributed by atoms with van der Waals surface area (Å²) in [4.78, 5) is 0. The molecule has 0 aliphatic carbocycles. The summed E-state index contributed by atoms with van der Waals surface area (Å²) >= 11 is 0. The molecule has 21 heavy (non-hydrogen) atoms. The van der Waals surface area contributed by atoms with Crippen molar-refractivity contribution >= 4 is 15.7 Å². The molecule has 0 radical (unpaired) electrons. The average Bonchev–Trinajstić information content (AvgIpc) is 2.81. The first-order valence-electron chi connectivity index (χ1n) is 6.78. The molecule has 1 aromatic heterocycles. The van der Waals surface area contributed by atoms with Gasteiger partial charge in [-0.15, -0.1) is 0 Å². The minimum absolute atomic E-state index is 0.0456. The fourth-order valence-corrected chi connectivity index (χ4v) is 3.32. The van der Waals surface area contributed by atoms with Crippen LogP contribution >= 0.6 is 0 Å². The summed E-state index contributed by atoms with van der Waals surface area (Å²) in [7, 11) is -3.71. The Kier molecular flexibility index (Phi) is 4.64. The van der Waals surface area contributed by atoms with E-state index in [4.69, 9.17) is 0 Å². The van der Waals surface area contributed by atoms with Crippen molar-refractivity contribution in [3.63, 3.8) is 0 Å². The molecule has 1 aromatic carbocycles. The molecule has 0 atom stereocenters. The van der Waals surface area contributed by atoms with Crippen LogP contribution in [0.3, 0.4) is 0 Å². The number of sulfonamides is 1. The van der Waals surface area contributed by atoms with E-state index in [0.29, 0.717) is 17.8 Å². The van der Waals surface area contributed by atoms with Gasteiger partial charge in [0.15, 0.2) is 0 Å². The molecule has 1 heterocycles. The normalized spacial score (nSPS) is 11.6. The number of aromatic nitrogens is 2. The van der Waals surface area contributed by atoms with Crippen LogP contribution < -0.4 is 10.0 Å². The Balaban J connectivity index is 2.34. The number of hydrogen-bond acceptors (Lipinski definition) is 4. The van der Waals surface area contributed by atoms with Gasteiger partial charge in [-0.3, -0.25) is 9.82 Å². The van der Waals surface area contributed by atoms with Gasteiger partial charge in [-0.1, -0.05) is 25.1 Å². The molecular formula is C14H20N4O2S. The minimum atomic E-state index is -3.71. The van der Waals surface area contributed by atoms with Crippen molar-refractivity contribution in [1.29, 1.82) is 0 Å². The molecule has 114 valence electrons. The van der Waals surface area contributed by atoms with Crippen molar-refractivity contribution in [2.24, 2.45) is 0 Å². The van der Waals surface area contributed by atoms with Crippen LogP contribution in [0.2, 0.25) is 0 Å². The van der Waals surface area contributed by atoms with Crippen molar-refractivity contribution in [2.45, 2.75) is 32.3 Å². The summed E-state index contributed by atoms with van der Waals surface area (Å²) < 4.78 is 27.7. The molecule has 2 rings (SSSR count). The third-order valence-electron chi connectivity index (χ3n) is 3.23. The van der Waals surface area contributed by atoms with Crippen LogP contribution in [0.25, 0.3) is 0 Å². The highest BCUT2D eigenvalue weighted by molar-refractivity contribution is 7.92. The Hall–Kier alpha value is -1.86. The zero-order chi connectivity index (χ0) is 15.5. The number of aryl methyl sites for hydroxylation is 2. The van der Waals surface area contributed by atoms with Crippen molar-refractivity contribution in [3.05, 3.63) is 41.1 Å². The first kappa shape index (κ1) is 15.5. The number of nitrogens with zero attached hydrogens (tertiary/aromatic N) is 1. The first-order chi connectivity index (χ1) is 9.95. The molecule has 0 saturated heterocycles. The zero-order valence-electron chi connectivity index (χ0n) is 12.4. The summed E-state index contributed by atoms with van der Waals surface area (Å²) in [5.41, 5.74) is 2.84. The van der Waals surface area contributed by atoms with E-state index in [1.807, 2.05) is 32.9 Å². The van der Waals surface area contributed by atoms with Gasteiger partial charge in [0.05, 0.1) is 5.69 Å². The molecule has 0 amide bonds. The van der Waals surface area contributed by atoms with Crippen LogP contribution in [0.5, 0.6) is 0 Å². The van der Waals surface area contributed by atoms with Gasteiger partial charge in [-0.25, -0.2) is 0 Å². The standard InChI is InChI=1S/C14H20N4O2S/c1-4-15-9-12-11(3)16-17-14(12)21(19,20)18-13-8-6-5-7-10(13)2/h5-8,15,18H,4,9H2,1-3H3,(H,16,17). The molecule has 0 unspecified atom stereocenters. The topological polar surface area (TPSA) is 86.9 Å². The number of aromatic amines is 1. The first-order valence-corrected chi connectivity index (χ1v) is 8.27. The number of anilines is 1. The maximum atomic E-state index is 12.5. The number of nitrogens with one attached hydrogen (secondary N) is 3. The maximum Gasteiger partial charge on any atom is 0.281 e. The molecule has 0 bridgehead atoms. The van der Waals surface area contributed by atoms with Crippen LogP contribution in [0.4, 0.5) is 5.69 Å². The van der Waals surface area contributed by atoms with Crippen LogP contribution in [0.1, 0.15) is 23.7 Å². The summed E-state index contributed by atoms with van der Waals surface area (Å²) in [6.07, 6.45) is 0. The number of rotatable bonds is 6. The lowest BCUT2D eigenvalue weighted by atomic mass is 10.2. The SMILES string of the molecule is CCNCc1c(S(=O)(=O)Nc2ccccc2C)n[nH]c1C. The monoisotopic (exact) mass is 308 g/mol. The lowest BCUT2D eigenvalue weighted by Gasteiger charge is -2.10. The van der Waals surface area contributed by atoms with E-state index >= 15 is 0 Å². The quantitative estimate of drug-likeness (QED) is 0.761. The van der Waals surface area contributed by atoms with Gasteiger partial charge >= 0.3 is 0 Å². The van der Waals surface area contributed by atoms with Gasteiger partial charge in [0.2, 0.25) is 5.03 Å². The molecule has 0 spiro atoms. The summed E-state index contributed by atoms with van der Waals surface area (Å²) in [6, 6.07) is 7.24. The van der Waals surface area contributed by atoms with Gasteiger partial charge < -0.3 is 5.32 Å². The van der Waals surface area contributed by atoms with Gasteiger partial charge in [0.25, 0.3) is 10.0 Å².